The molecule has 1 aromatic heterocycles. The highest BCUT2D eigenvalue weighted by atomic mass is 19.4. The van der Waals surface area contributed by atoms with Crippen LogP contribution in [0.15, 0.2) is 30.6 Å². The Morgan fingerprint density at radius 2 is 2.10 bits per heavy atom. The fourth-order valence-electron chi connectivity index (χ4n) is 1.97. The van der Waals surface area contributed by atoms with Crippen LogP contribution in [0.4, 0.5) is 18.9 Å². The minimum atomic E-state index is -4.49. The number of aryl methyl sites for hydroxylation is 2. The lowest BCUT2D eigenvalue weighted by atomic mass is 10.0. The molecule has 0 fully saturated rings. The molecule has 112 valence electrons. The van der Waals surface area contributed by atoms with E-state index in [-0.39, 0.29) is 17.7 Å². The summed E-state index contributed by atoms with van der Waals surface area (Å²) in [6, 6.07) is 2.79. The summed E-state index contributed by atoms with van der Waals surface area (Å²) < 4.78 is 39.6. The smallest absolute Gasteiger partial charge is 0.398 e. The fraction of sp³-hybridized carbons (Fsp3) is 0.286. The van der Waals surface area contributed by atoms with Gasteiger partial charge in [-0.15, -0.1) is 0 Å². The van der Waals surface area contributed by atoms with Crippen LogP contribution in [-0.4, -0.2) is 15.6 Å². The minimum absolute atomic E-state index is 0.0548. The average Bonchev–Trinajstić information content (AvgIpc) is 2.81. The highest BCUT2D eigenvalue weighted by Gasteiger charge is 2.31. The Labute approximate surface area is 119 Å². The van der Waals surface area contributed by atoms with Gasteiger partial charge in [0.15, 0.2) is 5.78 Å². The third-order valence-electron chi connectivity index (χ3n) is 3.08. The summed E-state index contributed by atoms with van der Waals surface area (Å²) in [5.41, 5.74) is 5.54. The molecule has 0 aliphatic carbocycles. The summed E-state index contributed by atoms with van der Waals surface area (Å²) in [6.45, 7) is 0. The maximum absolute atomic E-state index is 12.7. The molecule has 0 aliphatic heterocycles. The van der Waals surface area contributed by atoms with Crippen LogP contribution >= 0.6 is 0 Å². The maximum atomic E-state index is 12.7. The zero-order chi connectivity index (χ0) is 15.6. The Kier molecular flexibility index (Phi) is 4.02. The molecular formula is C14H14F3N3O. The van der Waals surface area contributed by atoms with Gasteiger partial charge in [0.25, 0.3) is 0 Å². The largest absolute Gasteiger partial charge is 0.416 e. The molecule has 0 spiro atoms. The maximum Gasteiger partial charge on any atom is 0.416 e. The highest BCUT2D eigenvalue weighted by molar-refractivity contribution is 6.01. The number of nitrogens with zero attached hydrogens (tertiary/aromatic N) is 2. The van der Waals surface area contributed by atoms with Crippen LogP contribution < -0.4 is 5.73 Å². The number of Topliss-reactive ketones (excluding diaryl/α,β-unsaturated/α-hetero) is 1. The number of benzene rings is 1. The topological polar surface area (TPSA) is 60.9 Å². The second kappa shape index (κ2) is 5.59. The number of carbonyl (C=O) groups is 1. The molecule has 0 saturated heterocycles. The molecule has 0 radical (unpaired) electrons. The van der Waals surface area contributed by atoms with Crippen molar-refractivity contribution in [1.29, 1.82) is 0 Å². The van der Waals surface area contributed by atoms with E-state index in [4.69, 9.17) is 5.73 Å². The molecule has 0 bridgehead atoms. The zero-order valence-corrected chi connectivity index (χ0v) is 11.3. The van der Waals surface area contributed by atoms with Gasteiger partial charge in [-0.1, -0.05) is 0 Å². The Morgan fingerprint density at radius 3 is 2.67 bits per heavy atom. The van der Waals surface area contributed by atoms with Crippen LogP contribution in [0.2, 0.25) is 0 Å². The van der Waals surface area contributed by atoms with Gasteiger partial charge in [-0.05, 0) is 30.2 Å². The van der Waals surface area contributed by atoms with Gasteiger partial charge in [-0.25, -0.2) is 0 Å². The lowest BCUT2D eigenvalue weighted by Gasteiger charge is -2.10. The SMILES string of the molecule is Cn1cc(CCC(=O)c2cc(C(F)(F)F)ccc2N)cn1. The lowest BCUT2D eigenvalue weighted by Crippen LogP contribution is -2.10. The predicted molar refractivity (Wildman–Crippen MR) is 71.7 cm³/mol. The van der Waals surface area contributed by atoms with Gasteiger partial charge in [0.2, 0.25) is 0 Å². The van der Waals surface area contributed by atoms with Gasteiger partial charge in [0.1, 0.15) is 0 Å². The molecule has 2 aromatic rings. The summed E-state index contributed by atoms with van der Waals surface area (Å²) in [6.07, 6.45) is -0.642. The molecule has 1 heterocycles. The van der Waals surface area contributed by atoms with Crippen LogP contribution in [-0.2, 0) is 19.6 Å². The van der Waals surface area contributed by atoms with Gasteiger partial charge in [-0.2, -0.15) is 18.3 Å². The van der Waals surface area contributed by atoms with Crippen molar-refractivity contribution >= 4 is 11.5 Å². The number of carbonyl (C=O) groups excluding carboxylic acids is 1. The molecule has 4 nitrogen and oxygen atoms in total. The number of alkyl halides is 3. The summed E-state index contributed by atoms with van der Waals surface area (Å²) in [4.78, 5) is 12.1. The van der Waals surface area contributed by atoms with Crippen LogP contribution in [0, 0.1) is 0 Å². The van der Waals surface area contributed by atoms with Crippen molar-refractivity contribution in [2.75, 3.05) is 5.73 Å². The van der Waals surface area contributed by atoms with Gasteiger partial charge in [0.05, 0.1) is 11.8 Å². The van der Waals surface area contributed by atoms with Gasteiger partial charge in [-0.3, -0.25) is 9.48 Å². The number of halogens is 3. The molecule has 21 heavy (non-hydrogen) atoms. The number of anilines is 1. The van der Waals surface area contributed by atoms with Crippen LogP contribution in [0.25, 0.3) is 0 Å². The van der Waals surface area contributed by atoms with Crippen molar-refractivity contribution in [2.24, 2.45) is 7.05 Å². The third-order valence-corrected chi connectivity index (χ3v) is 3.08. The van der Waals surface area contributed by atoms with Crippen molar-refractivity contribution < 1.29 is 18.0 Å². The number of hydrogen-bond donors (Lipinski definition) is 1. The molecule has 7 heteroatoms. The van der Waals surface area contributed by atoms with Crippen molar-refractivity contribution in [3.05, 3.63) is 47.3 Å². The molecule has 2 N–H and O–H groups in total. The molecule has 0 atom stereocenters. The number of hydrogen-bond acceptors (Lipinski definition) is 3. The average molecular weight is 297 g/mol. The number of aromatic nitrogens is 2. The second-order valence-corrected chi connectivity index (χ2v) is 4.75. The third kappa shape index (κ3) is 3.62. The standard InChI is InChI=1S/C14H14F3N3O/c1-20-8-9(7-19-20)2-5-13(21)11-6-10(14(15,16)17)3-4-12(11)18/h3-4,6-8H,2,5,18H2,1H3. The molecule has 0 unspecified atom stereocenters. The molecule has 0 saturated carbocycles. The van der Waals surface area contributed by atoms with Crippen LogP contribution in [0.3, 0.4) is 0 Å². The summed E-state index contributed by atoms with van der Waals surface area (Å²) in [7, 11) is 1.75. The Bertz CT molecular complexity index is 662. The normalized spacial score (nSPS) is 11.6. The molecule has 1 aromatic carbocycles. The fourth-order valence-corrected chi connectivity index (χ4v) is 1.97. The number of ketones is 1. The number of nitrogen functional groups attached to an aromatic ring is 1. The van der Waals surface area contributed by atoms with Crippen molar-refractivity contribution in [2.45, 2.75) is 19.0 Å². The molecule has 0 aliphatic rings. The van der Waals surface area contributed by atoms with E-state index in [9.17, 15) is 18.0 Å². The first kappa shape index (κ1) is 15.1. The first-order valence-corrected chi connectivity index (χ1v) is 6.25. The Hall–Kier alpha value is -2.31. The summed E-state index contributed by atoms with van der Waals surface area (Å²) >= 11 is 0. The number of rotatable bonds is 4. The first-order chi connectivity index (χ1) is 9.77. The summed E-state index contributed by atoms with van der Waals surface area (Å²) in [5.74, 6) is -0.414. The molecular weight excluding hydrogens is 283 g/mol. The van der Waals surface area contributed by atoms with Crippen molar-refractivity contribution in [1.82, 2.24) is 9.78 Å². The Balaban J connectivity index is 2.15. The minimum Gasteiger partial charge on any atom is -0.398 e. The first-order valence-electron chi connectivity index (χ1n) is 6.25. The van der Waals surface area contributed by atoms with E-state index in [0.717, 1.165) is 23.8 Å². The lowest BCUT2D eigenvalue weighted by molar-refractivity contribution is -0.137. The molecule has 2 rings (SSSR count). The second-order valence-electron chi connectivity index (χ2n) is 4.75. The van der Waals surface area contributed by atoms with Gasteiger partial charge >= 0.3 is 6.18 Å². The quantitative estimate of drug-likeness (QED) is 0.697. The zero-order valence-electron chi connectivity index (χ0n) is 11.3. The van der Waals surface area contributed by atoms with Crippen LogP contribution in [0.1, 0.15) is 27.9 Å². The van der Waals surface area contributed by atoms with E-state index in [0.29, 0.717) is 6.42 Å². The Morgan fingerprint density at radius 1 is 1.38 bits per heavy atom. The predicted octanol–water partition coefficient (Wildman–Crippen LogP) is 2.84. The van der Waals surface area contributed by atoms with Gasteiger partial charge in [0, 0.05) is 30.9 Å². The monoisotopic (exact) mass is 297 g/mol. The van der Waals surface area contributed by atoms with E-state index < -0.39 is 17.5 Å². The highest BCUT2D eigenvalue weighted by Crippen LogP contribution is 2.31. The van der Waals surface area contributed by atoms with Crippen molar-refractivity contribution in [3.63, 3.8) is 0 Å². The van der Waals surface area contributed by atoms with Crippen molar-refractivity contribution in [3.8, 4) is 0 Å². The van der Waals surface area contributed by atoms with E-state index in [2.05, 4.69) is 5.10 Å². The van der Waals surface area contributed by atoms with E-state index in [1.165, 1.54) is 0 Å². The van der Waals surface area contributed by atoms with E-state index in [1.807, 2.05) is 0 Å². The van der Waals surface area contributed by atoms with E-state index >= 15 is 0 Å². The number of nitrogens with two attached hydrogens (primary N) is 1. The summed E-state index contributed by atoms with van der Waals surface area (Å²) in [5, 5.41) is 3.96. The van der Waals surface area contributed by atoms with E-state index in [1.54, 1.807) is 24.1 Å². The van der Waals surface area contributed by atoms with Crippen LogP contribution in [0.5, 0.6) is 0 Å². The molecule has 0 amide bonds. The van der Waals surface area contributed by atoms with Gasteiger partial charge < -0.3 is 5.73 Å².